The SMILES string of the molecule is CC1(C)c2ccccc2-c2ccc(N(c3ccc(-c4ccccc4)cc3)c3ccc(-c4ccc(-c5cc6c7ccccc7oc6c6c5c5ccccc5n6-c5ccccc5)cc4)cc3)cc21. The first-order chi connectivity index (χ1) is 32.5. The van der Waals surface area contributed by atoms with Crippen molar-refractivity contribution in [1.82, 2.24) is 4.57 Å². The highest BCUT2D eigenvalue weighted by molar-refractivity contribution is 6.26. The van der Waals surface area contributed by atoms with E-state index in [4.69, 9.17) is 4.42 Å². The van der Waals surface area contributed by atoms with Crippen molar-refractivity contribution >= 4 is 60.8 Å². The van der Waals surface area contributed by atoms with Gasteiger partial charge in [-0.3, -0.25) is 0 Å². The second-order valence-corrected chi connectivity index (χ2v) is 18.1. The molecule has 312 valence electrons. The molecule has 0 spiro atoms. The molecule has 0 saturated heterocycles. The average molecular weight is 845 g/mol. The second kappa shape index (κ2) is 14.8. The van der Waals surface area contributed by atoms with Crippen molar-refractivity contribution in [2.24, 2.45) is 0 Å². The number of hydrogen-bond donors (Lipinski definition) is 0. The topological polar surface area (TPSA) is 21.3 Å². The summed E-state index contributed by atoms with van der Waals surface area (Å²) in [7, 11) is 0. The van der Waals surface area contributed by atoms with Gasteiger partial charge in [-0.25, -0.2) is 0 Å². The quantitative estimate of drug-likeness (QED) is 0.159. The van der Waals surface area contributed by atoms with Crippen LogP contribution in [-0.4, -0.2) is 4.57 Å². The van der Waals surface area contributed by atoms with Crippen molar-refractivity contribution in [1.29, 1.82) is 0 Å². The van der Waals surface area contributed by atoms with Gasteiger partial charge in [0.1, 0.15) is 5.58 Å². The number of para-hydroxylation sites is 3. The van der Waals surface area contributed by atoms with Crippen molar-refractivity contribution in [3.05, 3.63) is 242 Å². The fraction of sp³-hybridized carbons (Fsp3) is 0.0476. The average Bonchev–Trinajstić information content (AvgIpc) is 4.00. The van der Waals surface area contributed by atoms with E-state index in [9.17, 15) is 0 Å². The summed E-state index contributed by atoms with van der Waals surface area (Å²) in [5.41, 5.74) is 20.9. The predicted molar refractivity (Wildman–Crippen MR) is 277 cm³/mol. The van der Waals surface area contributed by atoms with Crippen LogP contribution in [0.15, 0.2) is 235 Å². The molecule has 0 bridgehead atoms. The maximum absolute atomic E-state index is 6.75. The zero-order valence-corrected chi connectivity index (χ0v) is 36.7. The first-order valence-electron chi connectivity index (χ1n) is 22.8. The largest absolute Gasteiger partial charge is 0.454 e. The van der Waals surface area contributed by atoms with E-state index < -0.39 is 0 Å². The third kappa shape index (κ3) is 5.90. The molecule has 13 rings (SSSR count). The third-order valence-electron chi connectivity index (χ3n) is 14.0. The summed E-state index contributed by atoms with van der Waals surface area (Å²) in [6.45, 7) is 4.70. The fourth-order valence-corrected chi connectivity index (χ4v) is 10.8. The molecule has 0 radical (unpaired) electrons. The Balaban J connectivity index is 0.908. The van der Waals surface area contributed by atoms with Gasteiger partial charge in [-0.05, 0) is 122 Å². The van der Waals surface area contributed by atoms with E-state index in [2.05, 4.69) is 254 Å². The predicted octanol–water partition coefficient (Wildman–Crippen LogP) is 17.5. The molecule has 0 fully saturated rings. The van der Waals surface area contributed by atoms with Crippen LogP contribution in [-0.2, 0) is 5.41 Å². The smallest absolute Gasteiger partial charge is 0.160 e. The maximum Gasteiger partial charge on any atom is 0.160 e. The summed E-state index contributed by atoms with van der Waals surface area (Å²) in [6.07, 6.45) is 0. The van der Waals surface area contributed by atoms with Gasteiger partial charge in [-0.1, -0.05) is 178 Å². The minimum absolute atomic E-state index is 0.108. The van der Waals surface area contributed by atoms with E-state index in [-0.39, 0.29) is 5.41 Å². The molecule has 0 atom stereocenters. The number of nitrogens with zero attached hydrogens (tertiary/aromatic N) is 2. The van der Waals surface area contributed by atoms with Crippen LogP contribution in [0, 0.1) is 0 Å². The maximum atomic E-state index is 6.75. The van der Waals surface area contributed by atoms with Gasteiger partial charge >= 0.3 is 0 Å². The molecule has 2 heterocycles. The van der Waals surface area contributed by atoms with E-state index in [1.165, 1.54) is 55.3 Å². The van der Waals surface area contributed by atoms with E-state index in [0.29, 0.717) is 0 Å². The molecule has 66 heavy (non-hydrogen) atoms. The van der Waals surface area contributed by atoms with Gasteiger partial charge in [0.05, 0.1) is 11.0 Å². The Hall–Kier alpha value is -8.40. The molecule has 3 heteroatoms. The number of fused-ring (bicyclic) bond motifs is 10. The lowest BCUT2D eigenvalue weighted by Gasteiger charge is -2.28. The summed E-state index contributed by atoms with van der Waals surface area (Å²) in [6, 6.07) is 83.7. The van der Waals surface area contributed by atoms with Gasteiger partial charge in [-0.2, -0.15) is 0 Å². The normalized spacial score (nSPS) is 12.8. The van der Waals surface area contributed by atoms with Crippen LogP contribution in [0.3, 0.4) is 0 Å². The second-order valence-electron chi connectivity index (χ2n) is 18.1. The molecule has 0 N–H and O–H groups in total. The standard InChI is InChI=1S/C63H44N2O/c1-63(2)56-22-12-9-19-50(56)51-38-37-49(39-57(51)63)64(47-33-29-43(30-34-47)41-15-5-3-6-16-41)48-35-31-44(32-36-48)42-25-27-45(28-26-42)54-40-55-52-20-11-14-24-59(52)66-62(55)61-60(54)53-21-10-13-23-58(53)65(61)46-17-7-4-8-18-46/h3-40H,1-2H3. The summed E-state index contributed by atoms with van der Waals surface area (Å²) in [4.78, 5) is 2.40. The summed E-state index contributed by atoms with van der Waals surface area (Å²) < 4.78 is 9.12. The molecule has 12 aromatic rings. The summed E-state index contributed by atoms with van der Waals surface area (Å²) in [5, 5.41) is 4.62. The summed E-state index contributed by atoms with van der Waals surface area (Å²) >= 11 is 0. The minimum atomic E-state index is -0.108. The number of rotatable bonds is 7. The first-order valence-corrected chi connectivity index (χ1v) is 22.8. The van der Waals surface area contributed by atoms with Crippen LogP contribution in [0.5, 0.6) is 0 Å². The van der Waals surface area contributed by atoms with Crippen LogP contribution in [0.1, 0.15) is 25.0 Å². The lowest BCUT2D eigenvalue weighted by atomic mass is 9.82. The highest BCUT2D eigenvalue weighted by atomic mass is 16.3. The molecule has 0 amide bonds. The van der Waals surface area contributed by atoms with Gasteiger partial charge in [0, 0.05) is 49.7 Å². The molecule has 0 unspecified atom stereocenters. The van der Waals surface area contributed by atoms with E-state index in [1.807, 2.05) is 0 Å². The number of anilines is 3. The van der Waals surface area contributed by atoms with Crippen molar-refractivity contribution in [2.75, 3.05) is 4.90 Å². The third-order valence-corrected chi connectivity index (χ3v) is 14.0. The molecular formula is C63H44N2O. The van der Waals surface area contributed by atoms with Crippen LogP contribution in [0.2, 0.25) is 0 Å². The van der Waals surface area contributed by atoms with Gasteiger partial charge in [0.15, 0.2) is 5.58 Å². The van der Waals surface area contributed by atoms with Crippen LogP contribution in [0.4, 0.5) is 17.1 Å². The number of furan rings is 1. The Bertz CT molecular complexity index is 3800. The molecule has 2 aromatic heterocycles. The molecule has 1 aliphatic rings. The van der Waals surface area contributed by atoms with E-state index in [1.54, 1.807) is 0 Å². The van der Waals surface area contributed by atoms with Gasteiger partial charge < -0.3 is 13.9 Å². The van der Waals surface area contributed by atoms with Crippen LogP contribution >= 0.6 is 0 Å². The lowest BCUT2D eigenvalue weighted by molar-refractivity contribution is 0.660. The zero-order chi connectivity index (χ0) is 43.9. The summed E-state index contributed by atoms with van der Waals surface area (Å²) in [5.74, 6) is 0. The molecule has 0 aliphatic heterocycles. The van der Waals surface area contributed by atoms with Crippen molar-refractivity contribution in [3.8, 4) is 50.2 Å². The first kappa shape index (κ1) is 38.1. The molecule has 10 aromatic carbocycles. The lowest BCUT2D eigenvalue weighted by Crippen LogP contribution is -2.16. The van der Waals surface area contributed by atoms with E-state index >= 15 is 0 Å². The molecule has 3 nitrogen and oxygen atoms in total. The van der Waals surface area contributed by atoms with Gasteiger partial charge in [0.2, 0.25) is 0 Å². The minimum Gasteiger partial charge on any atom is -0.454 e. The Kier molecular flexibility index (Phi) is 8.56. The number of benzene rings is 10. The Morgan fingerprint density at radius 2 is 0.924 bits per heavy atom. The molecule has 1 aliphatic carbocycles. The Morgan fingerprint density at radius 3 is 1.64 bits per heavy atom. The monoisotopic (exact) mass is 844 g/mol. The van der Waals surface area contributed by atoms with Gasteiger partial charge in [0.25, 0.3) is 0 Å². The van der Waals surface area contributed by atoms with E-state index in [0.717, 1.165) is 66.8 Å². The van der Waals surface area contributed by atoms with Crippen molar-refractivity contribution in [3.63, 3.8) is 0 Å². The van der Waals surface area contributed by atoms with Crippen molar-refractivity contribution < 1.29 is 4.42 Å². The van der Waals surface area contributed by atoms with Crippen LogP contribution in [0.25, 0.3) is 93.9 Å². The van der Waals surface area contributed by atoms with Gasteiger partial charge in [-0.15, -0.1) is 0 Å². The number of hydrogen-bond acceptors (Lipinski definition) is 2. The molecule has 0 saturated carbocycles. The van der Waals surface area contributed by atoms with Crippen LogP contribution < -0.4 is 4.90 Å². The number of aromatic nitrogens is 1. The molecular weight excluding hydrogens is 801 g/mol. The highest BCUT2D eigenvalue weighted by Crippen LogP contribution is 2.51. The Morgan fingerprint density at radius 1 is 0.394 bits per heavy atom. The fourth-order valence-electron chi connectivity index (χ4n) is 10.8. The van der Waals surface area contributed by atoms with Crippen molar-refractivity contribution in [2.45, 2.75) is 19.3 Å². The zero-order valence-electron chi connectivity index (χ0n) is 36.7. The Labute approximate surface area is 384 Å². The highest BCUT2D eigenvalue weighted by Gasteiger charge is 2.36.